The van der Waals surface area contributed by atoms with Crippen molar-refractivity contribution in [2.45, 2.75) is 13.3 Å². The van der Waals surface area contributed by atoms with E-state index >= 15 is 0 Å². The van der Waals surface area contributed by atoms with E-state index in [0.29, 0.717) is 11.1 Å². The quantitative estimate of drug-likeness (QED) is 0.802. The van der Waals surface area contributed by atoms with Crippen molar-refractivity contribution in [2.75, 3.05) is 12.3 Å². The molecule has 0 unspecified atom stereocenters. The summed E-state index contributed by atoms with van der Waals surface area (Å²) in [7, 11) is 0. The molecule has 0 saturated carbocycles. The number of hydrogen-bond donors (Lipinski definition) is 1. The molecule has 6 nitrogen and oxygen atoms in total. The first-order valence-corrected chi connectivity index (χ1v) is 7.13. The second-order valence-corrected chi connectivity index (χ2v) is 5.17. The van der Waals surface area contributed by atoms with Crippen LogP contribution in [0.2, 0.25) is 5.02 Å². The molecule has 2 aromatic rings. The van der Waals surface area contributed by atoms with Crippen LogP contribution in [0.5, 0.6) is 17.8 Å². The molecule has 0 aliphatic rings. The third-order valence-electron chi connectivity index (χ3n) is 2.22. The summed E-state index contributed by atoms with van der Waals surface area (Å²) in [6, 6.07) is 2.42. The van der Waals surface area contributed by atoms with E-state index in [-0.39, 0.29) is 28.7 Å². The molecule has 21 heavy (non-hydrogen) atoms. The lowest BCUT2D eigenvalue weighted by atomic mass is 10.3. The zero-order chi connectivity index (χ0) is 15.4. The zero-order valence-electron chi connectivity index (χ0n) is 10.9. The number of halogens is 3. The second kappa shape index (κ2) is 6.86. The molecule has 2 rings (SSSR count). The standard InChI is InChI=1S/C12H11BrClFN4O2/c1-2-3-20-11-17-10(16)18-12(19-11)21-9-5-8(15)7(14)4-6(9)13/h4-5H,2-3H2,1H3,(H2,16,17,18,19). The highest BCUT2D eigenvalue weighted by Gasteiger charge is 2.12. The summed E-state index contributed by atoms with van der Waals surface area (Å²) in [5, 5.41) is -0.0312. The molecular weight excluding hydrogens is 367 g/mol. The molecule has 1 heterocycles. The summed E-state index contributed by atoms with van der Waals surface area (Å²) in [6.45, 7) is 2.37. The fraction of sp³-hybridized carbons (Fsp3) is 0.250. The fourth-order valence-electron chi connectivity index (χ4n) is 1.34. The number of nitrogen functional groups attached to an aromatic ring is 1. The summed E-state index contributed by atoms with van der Waals surface area (Å²) in [5.74, 6) is -0.528. The molecular formula is C12H11BrClFN4O2. The van der Waals surface area contributed by atoms with E-state index < -0.39 is 5.82 Å². The topological polar surface area (TPSA) is 83.2 Å². The van der Waals surface area contributed by atoms with Crippen LogP contribution in [0.25, 0.3) is 0 Å². The normalized spacial score (nSPS) is 10.5. The Bertz CT molecular complexity index is 659. The third kappa shape index (κ3) is 4.15. The zero-order valence-corrected chi connectivity index (χ0v) is 13.3. The highest BCUT2D eigenvalue weighted by atomic mass is 79.9. The van der Waals surface area contributed by atoms with E-state index in [4.69, 9.17) is 26.8 Å². The average Bonchev–Trinajstić information content (AvgIpc) is 2.42. The van der Waals surface area contributed by atoms with Gasteiger partial charge in [-0.1, -0.05) is 18.5 Å². The molecule has 2 N–H and O–H groups in total. The van der Waals surface area contributed by atoms with Gasteiger partial charge in [-0.15, -0.1) is 4.98 Å². The van der Waals surface area contributed by atoms with Crippen LogP contribution < -0.4 is 15.2 Å². The Balaban J connectivity index is 2.27. The highest BCUT2D eigenvalue weighted by molar-refractivity contribution is 9.10. The number of nitrogens with two attached hydrogens (primary N) is 1. The maximum atomic E-state index is 13.5. The number of benzene rings is 1. The van der Waals surface area contributed by atoms with Gasteiger partial charge in [0, 0.05) is 6.07 Å². The van der Waals surface area contributed by atoms with E-state index in [1.807, 2.05) is 6.92 Å². The van der Waals surface area contributed by atoms with E-state index in [1.54, 1.807) is 0 Å². The highest BCUT2D eigenvalue weighted by Crippen LogP contribution is 2.33. The van der Waals surface area contributed by atoms with E-state index in [1.165, 1.54) is 6.07 Å². The van der Waals surface area contributed by atoms with Crippen molar-refractivity contribution in [1.82, 2.24) is 15.0 Å². The van der Waals surface area contributed by atoms with Gasteiger partial charge in [-0.25, -0.2) is 4.39 Å². The van der Waals surface area contributed by atoms with Gasteiger partial charge in [-0.05, 0) is 28.4 Å². The van der Waals surface area contributed by atoms with Gasteiger partial charge in [-0.2, -0.15) is 9.97 Å². The lowest BCUT2D eigenvalue weighted by molar-refractivity contribution is 0.285. The summed E-state index contributed by atoms with van der Waals surface area (Å²) in [6.07, 6.45) is 0.787. The van der Waals surface area contributed by atoms with Crippen molar-refractivity contribution >= 4 is 33.5 Å². The Labute approximate surface area is 133 Å². The molecule has 9 heteroatoms. The number of ether oxygens (including phenoxy) is 2. The van der Waals surface area contributed by atoms with Gasteiger partial charge in [0.05, 0.1) is 16.1 Å². The van der Waals surface area contributed by atoms with Gasteiger partial charge >= 0.3 is 12.0 Å². The molecule has 0 aliphatic carbocycles. The smallest absolute Gasteiger partial charge is 0.330 e. The molecule has 1 aromatic carbocycles. The van der Waals surface area contributed by atoms with E-state index in [9.17, 15) is 4.39 Å². The molecule has 112 valence electrons. The maximum Gasteiger partial charge on any atom is 0.330 e. The number of anilines is 1. The van der Waals surface area contributed by atoms with Crippen LogP contribution in [0.3, 0.4) is 0 Å². The average molecular weight is 378 g/mol. The molecule has 0 saturated heterocycles. The van der Waals surface area contributed by atoms with Gasteiger partial charge < -0.3 is 15.2 Å². The Morgan fingerprint density at radius 1 is 1.29 bits per heavy atom. The molecule has 0 atom stereocenters. The maximum absolute atomic E-state index is 13.5. The van der Waals surface area contributed by atoms with Gasteiger partial charge in [0.15, 0.2) is 0 Å². The first kappa shape index (κ1) is 15.7. The van der Waals surface area contributed by atoms with E-state index in [2.05, 4.69) is 30.9 Å². The fourth-order valence-corrected chi connectivity index (χ4v) is 2.06. The van der Waals surface area contributed by atoms with Crippen molar-refractivity contribution < 1.29 is 13.9 Å². The van der Waals surface area contributed by atoms with Crippen molar-refractivity contribution in [3.8, 4) is 17.8 Å². The van der Waals surface area contributed by atoms with Crippen molar-refractivity contribution in [2.24, 2.45) is 0 Å². The minimum absolute atomic E-state index is 0.0312. The van der Waals surface area contributed by atoms with Gasteiger partial charge in [-0.3, -0.25) is 0 Å². The van der Waals surface area contributed by atoms with Gasteiger partial charge in [0.25, 0.3) is 0 Å². The van der Waals surface area contributed by atoms with Crippen LogP contribution in [0, 0.1) is 5.82 Å². The van der Waals surface area contributed by atoms with E-state index in [0.717, 1.165) is 12.5 Å². The molecule has 0 fully saturated rings. The largest absolute Gasteiger partial charge is 0.463 e. The number of aromatic nitrogens is 3. The Kier molecular flexibility index (Phi) is 5.13. The summed E-state index contributed by atoms with van der Waals surface area (Å²) >= 11 is 8.86. The summed E-state index contributed by atoms with van der Waals surface area (Å²) in [4.78, 5) is 11.6. The molecule has 0 amide bonds. The predicted molar refractivity (Wildman–Crippen MR) is 79.2 cm³/mol. The van der Waals surface area contributed by atoms with Crippen molar-refractivity contribution in [3.05, 3.63) is 27.4 Å². The summed E-state index contributed by atoms with van der Waals surface area (Å²) in [5.41, 5.74) is 5.55. The Morgan fingerprint density at radius 3 is 2.71 bits per heavy atom. The molecule has 0 radical (unpaired) electrons. The van der Waals surface area contributed by atoms with Crippen LogP contribution in [0.4, 0.5) is 10.3 Å². The molecule has 0 aliphatic heterocycles. The number of rotatable bonds is 5. The lowest BCUT2D eigenvalue weighted by Gasteiger charge is -2.08. The lowest BCUT2D eigenvalue weighted by Crippen LogP contribution is -2.06. The summed E-state index contributed by atoms with van der Waals surface area (Å²) < 4.78 is 24.5. The van der Waals surface area contributed by atoms with Crippen LogP contribution in [-0.2, 0) is 0 Å². The SMILES string of the molecule is CCCOc1nc(N)nc(Oc2cc(F)c(Cl)cc2Br)n1. The third-order valence-corrected chi connectivity index (χ3v) is 3.13. The first-order chi connectivity index (χ1) is 9.99. The minimum Gasteiger partial charge on any atom is -0.463 e. The monoisotopic (exact) mass is 376 g/mol. The van der Waals surface area contributed by atoms with Crippen molar-refractivity contribution in [1.29, 1.82) is 0 Å². The Hall–Kier alpha value is -1.67. The first-order valence-electron chi connectivity index (χ1n) is 5.96. The number of hydrogen-bond acceptors (Lipinski definition) is 6. The minimum atomic E-state index is -0.626. The second-order valence-electron chi connectivity index (χ2n) is 3.91. The van der Waals surface area contributed by atoms with Crippen LogP contribution >= 0.6 is 27.5 Å². The number of nitrogens with zero attached hydrogens (tertiary/aromatic N) is 3. The Morgan fingerprint density at radius 2 is 2.00 bits per heavy atom. The van der Waals surface area contributed by atoms with Crippen LogP contribution in [0.1, 0.15) is 13.3 Å². The van der Waals surface area contributed by atoms with Crippen LogP contribution in [-0.4, -0.2) is 21.6 Å². The molecule has 1 aromatic heterocycles. The molecule has 0 bridgehead atoms. The van der Waals surface area contributed by atoms with Gasteiger partial charge in [0.2, 0.25) is 5.95 Å². The molecule has 0 spiro atoms. The predicted octanol–water partition coefficient (Wildman–Crippen LogP) is 3.59. The van der Waals surface area contributed by atoms with Crippen LogP contribution in [0.15, 0.2) is 16.6 Å². The van der Waals surface area contributed by atoms with Gasteiger partial charge in [0.1, 0.15) is 11.6 Å². The van der Waals surface area contributed by atoms with Crippen molar-refractivity contribution in [3.63, 3.8) is 0 Å².